The van der Waals surface area contributed by atoms with Gasteiger partial charge in [0.15, 0.2) is 0 Å². The molecular weight excluding hydrogens is 264 g/mol. The maximum Gasteiger partial charge on any atom is 0.242 e. The van der Waals surface area contributed by atoms with Crippen molar-refractivity contribution in [3.8, 4) is 0 Å². The van der Waals surface area contributed by atoms with Gasteiger partial charge in [-0.1, -0.05) is 26.0 Å². The second-order valence-electron chi connectivity index (χ2n) is 4.59. The van der Waals surface area contributed by atoms with Crippen LogP contribution in [0.2, 0.25) is 0 Å². The fraction of sp³-hybridized carbons (Fsp3) is 0.538. The first kappa shape index (κ1) is 15.9. The van der Waals surface area contributed by atoms with Crippen LogP contribution in [-0.2, 0) is 10.0 Å². The van der Waals surface area contributed by atoms with E-state index < -0.39 is 10.0 Å². The second-order valence-corrected chi connectivity index (χ2v) is 6.33. The number of anilines is 1. The molecule has 0 saturated heterocycles. The van der Waals surface area contributed by atoms with Gasteiger partial charge in [-0.05, 0) is 25.0 Å². The zero-order chi connectivity index (χ0) is 14.5. The Morgan fingerprint density at radius 2 is 1.89 bits per heavy atom. The maximum atomic E-state index is 12.1. The van der Waals surface area contributed by atoms with Crippen molar-refractivity contribution in [3.05, 3.63) is 24.3 Å². The Morgan fingerprint density at radius 1 is 1.26 bits per heavy atom. The van der Waals surface area contributed by atoms with Crippen molar-refractivity contribution in [3.63, 3.8) is 0 Å². The SMILES string of the molecule is CCNS(=O)(=O)c1ccccc1NC(C)C(C)CO. The van der Waals surface area contributed by atoms with Crippen molar-refractivity contribution in [2.24, 2.45) is 5.92 Å². The van der Waals surface area contributed by atoms with Gasteiger partial charge in [-0.15, -0.1) is 0 Å². The lowest BCUT2D eigenvalue weighted by molar-refractivity contribution is 0.226. The number of nitrogens with one attached hydrogen (secondary N) is 2. The minimum absolute atomic E-state index is 0.0250. The molecule has 0 heterocycles. The topological polar surface area (TPSA) is 78.4 Å². The van der Waals surface area contributed by atoms with E-state index in [1.165, 1.54) is 0 Å². The largest absolute Gasteiger partial charge is 0.396 e. The second kappa shape index (κ2) is 6.88. The van der Waals surface area contributed by atoms with Gasteiger partial charge < -0.3 is 10.4 Å². The lowest BCUT2D eigenvalue weighted by Gasteiger charge is -2.22. The highest BCUT2D eigenvalue weighted by molar-refractivity contribution is 7.89. The van der Waals surface area contributed by atoms with Crippen molar-refractivity contribution in [1.82, 2.24) is 4.72 Å². The Labute approximate surface area is 115 Å². The maximum absolute atomic E-state index is 12.1. The Morgan fingerprint density at radius 3 is 2.47 bits per heavy atom. The summed E-state index contributed by atoms with van der Waals surface area (Å²) in [4.78, 5) is 0.230. The zero-order valence-electron chi connectivity index (χ0n) is 11.6. The normalized spacial score (nSPS) is 14.9. The van der Waals surface area contributed by atoms with Gasteiger partial charge in [0.25, 0.3) is 0 Å². The molecule has 0 radical (unpaired) electrons. The number of aliphatic hydroxyl groups is 1. The molecule has 0 aliphatic carbocycles. The average Bonchev–Trinajstić information content (AvgIpc) is 2.38. The van der Waals surface area contributed by atoms with E-state index in [1.54, 1.807) is 31.2 Å². The minimum Gasteiger partial charge on any atom is -0.396 e. The van der Waals surface area contributed by atoms with Crippen LogP contribution in [-0.4, -0.2) is 32.7 Å². The molecule has 2 unspecified atom stereocenters. The summed E-state index contributed by atoms with van der Waals surface area (Å²) in [5.74, 6) is 0.0369. The van der Waals surface area contributed by atoms with E-state index in [9.17, 15) is 8.42 Å². The van der Waals surface area contributed by atoms with Gasteiger partial charge >= 0.3 is 0 Å². The third kappa shape index (κ3) is 4.19. The summed E-state index contributed by atoms with van der Waals surface area (Å²) in [6, 6.07) is 6.74. The number of rotatable bonds is 7. The quantitative estimate of drug-likeness (QED) is 0.708. The number of hydrogen-bond donors (Lipinski definition) is 3. The van der Waals surface area contributed by atoms with Gasteiger partial charge in [0, 0.05) is 19.2 Å². The standard InChI is InChI=1S/C13H22N2O3S/c1-4-14-19(17,18)13-8-6-5-7-12(13)15-11(3)10(2)9-16/h5-8,10-11,14-16H,4,9H2,1-3H3. The van der Waals surface area contributed by atoms with Gasteiger partial charge in [-0.3, -0.25) is 0 Å². The molecular formula is C13H22N2O3S. The van der Waals surface area contributed by atoms with E-state index in [0.29, 0.717) is 12.2 Å². The number of aliphatic hydroxyl groups excluding tert-OH is 1. The smallest absolute Gasteiger partial charge is 0.242 e. The van der Waals surface area contributed by atoms with Crippen LogP contribution in [0.25, 0.3) is 0 Å². The van der Waals surface area contributed by atoms with Gasteiger partial charge in [0.05, 0.1) is 5.69 Å². The number of hydrogen-bond acceptors (Lipinski definition) is 4. The van der Waals surface area contributed by atoms with E-state index in [-0.39, 0.29) is 23.5 Å². The van der Waals surface area contributed by atoms with Crippen LogP contribution in [0.1, 0.15) is 20.8 Å². The molecule has 1 rings (SSSR count). The molecule has 0 saturated carbocycles. The summed E-state index contributed by atoms with van der Waals surface area (Å²) in [5.41, 5.74) is 0.552. The van der Waals surface area contributed by atoms with Crippen LogP contribution >= 0.6 is 0 Å². The predicted molar refractivity (Wildman–Crippen MR) is 76.6 cm³/mol. The Kier molecular flexibility index (Phi) is 5.78. The molecule has 0 amide bonds. The third-order valence-corrected chi connectivity index (χ3v) is 4.64. The Bertz CT molecular complexity index is 502. The Hall–Kier alpha value is -1.11. The molecule has 0 aliphatic rings. The molecule has 19 heavy (non-hydrogen) atoms. The zero-order valence-corrected chi connectivity index (χ0v) is 12.4. The highest BCUT2D eigenvalue weighted by atomic mass is 32.2. The fourth-order valence-electron chi connectivity index (χ4n) is 1.63. The van der Waals surface area contributed by atoms with Crippen LogP contribution in [0, 0.1) is 5.92 Å². The summed E-state index contributed by atoms with van der Waals surface area (Å²) in [5, 5.41) is 12.3. The van der Waals surface area contributed by atoms with Gasteiger partial charge in [0.2, 0.25) is 10.0 Å². The molecule has 108 valence electrons. The average molecular weight is 286 g/mol. The highest BCUT2D eigenvalue weighted by Gasteiger charge is 2.19. The monoisotopic (exact) mass is 286 g/mol. The van der Waals surface area contributed by atoms with E-state index in [4.69, 9.17) is 5.11 Å². The summed E-state index contributed by atoms with van der Waals surface area (Å²) in [6.45, 7) is 5.95. The summed E-state index contributed by atoms with van der Waals surface area (Å²) in [6.07, 6.45) is 0. The van der Waals surface area contributed by atoms with Crippen molar-refractivity contribution in [2.75, 3.05) is 18.5 Å². The number of sulfonamides is 1. The van der Waals surface area contributed by atoms with Crippen LogP contribution in [0.4, 0.5) is 5.69 Å². The van der Waals surface area contributed by atoms with Crippen molar-refractivity contribution >= 4 is 15.7 Å². The molecule has 3 N–H and O–H groups in total. The van der Waals surface area contributed by atoms with Gasteiger partial charge in [-0.2, -0.15) is 0 Å². The van der Waals surface area contributed by atoms with E-state index in [2.05, 4.69) is 10.0 Å². The van der Waals surface area contributed by atoms with Gasteiger partial charge in [-0.25, -0.2) is 13.1 Å². The van der Waals surface area contributed by atoms with Crippen molar-refractivity contribution in [2.45, 2.75) is 31.7 Å². The lowest BCUT2D eigenvalue weighted by Crippen LogP contribution is -2.29. The van der Waals surface area contributed by atoms with E-state index >= 15 is 0 Å². The first-order valence-electron chi connectivity index (χ1n) is 6.38. The summed E-state index contributed by atoms with van der Waals surface area (Å²) < 4.78 is 26.6. The summed E-state index contributed by atoms with van der Waals surface area (Å²) in [7, 11) is -3.49. The fourth-order valence-corrected chi connectivity index (χ4v) is 2.84. The van der Waals surface area contributed by atoms with Crippen molar-refractivity contribution in [1.29, 1.82) is 0 Å². The molecule has 0 bridgehead atoms. The third-order valence-electron chi connectivity index (χ3n) is 3.04. The van der Waals surface area contributed by atoms with E-state index in [0.717, 1.165) is 0 Å². The lowest BCUT2D eigenvalue weighted by atomic mass is 10.0. The molecule has 1 aromatic carbocycles. The molecule has 0 spiro atoms. The van der Waals surface area contributed by atoms with Gasteiger partial charge in [0.1, 0.15) is 4.90 Å². The molecule has 0 aliphatic heterocycles. The van der Waals surface area contributed by atoms with Crippen molar-refractivity contribution < 1.29 is 13.5 Å². The van der Waals surface area contributed by atoms with Crippen LogP contribution in [0.3, 0.4) is 0 Å². The van der Waals surface area contributed by atoms with E-state index in [1.807, 2.05) is 13.8 Å². The predicted octanol–water partition coefficient (Wildman–Crippen LogP) is 1.41. The Balaban J connectivity index is 3.03. The molecule has 5 nitrogen and oxygen atoms in total. The first-order valence-corrected chi connectivity index (χ1v) is 7.86. The molecule has 0 aromatic heterocycles. The summed E-state index contributed by atoms with van der Waals surface area (Å²) >= 11 is 0. The molecule has 2 atom stereocenters. The van der Waals surface area contributed by atoms with Crippen LogP contribution in [0.15, 0.2) is 29.2 Å². The number of benzene rings is 1. The molecule has 1 aromatic rings. The number of para-hydroxylation sites is 1. The minimum atomic E-state index is -3.49. The molecule has 0 fully saturated rings. The van der Waals surface area contributed by atoms with Crippen LogP contribution in [0.5, 0.6) is 0 Å². The first-order chi connectivity index (χ1) is 8.92. The molecule has 6 heteroatoms. The van der Waals surface area contributed by atoms with Crippen LogP contribution < -0.4 is 10.0 Å². The highest BCUT2D eigenvalue weighted by Crippen LogP contribution is 2.22.